The van der Waals surface area contributed by atoms with E-state index < -0.39 is 17.7 Å². The summed E-state index contributed by atoms with van der Waals surface area (Å²) < 4.78 is 26.7. The first-order valence-corrected chi connectivity index (χ1v) is 5.21. The molecule has 2 N–H and O–H groups in total. The van der Waals surface area contributed by atoms with Crippen LogP contribution in [0.1, 0.15) is 22.9 Å². The van der Waals surface area contributed by atoms with E-state index in [-0.39, 0.29) is 5.56 Å². The van der Waals surface area contributed by atoms with Gasteiger partial charge in [-0.25, -0.2) is 8.78 Å². The van der Waals surface area contributed by atoms with Gasteiger partial charge in [-0.2, -0.15) is 0 Å². The molecule has 1 unspecified atom stereocenters. The SMILES string of the molecule is Cc1ncccc1C(N)c1cc(F)ccc1F. The maximum absolute atomic E-state index is 13.6. The smallest absolute Gasteiger partial charge is 0.128 e. The van der Waals surface area contributed by atoms with Gasteiger partial charge in [0.05, 0.1) is 6.04 Å². The molecule has 0 aliphatic rings. The Bertz CT molecular complexity index is 541. The Morgan fingerprint density at radius 1 is 1.18 bits per heavy atom. The Morgan fingerprint density at radius 3 is 2.65 bits per heavy atom. The Kier molecular flexibility index (Phi) is 3.15. The number of halogens is 2. The molecule has 1 atom stereocenters. The predicted molar refractivity (Wildman–Crippen MR) is 61.4 cm³/mol. The molecular weight excluding hydrogens is 222 g/mol. The lowest BCUT2D eigenvalue weighted by molar-refractivity contribution is 0.576. The van der Waals surface area contributed by atoms with Gasteiger partial charge in [-0.1, -0.05) is 6.07 Å². The molecule has 0 saturated carbocycles. The summed E-state index contributed by atoms with van der Waals surface area (Å²) in [5.74, 6) is -1.01. The van der Waals surface area contributed by atoms with E-state index in [1.807, 2.05) is 0 Å². The maximum Gasteiger partial charge on any atom is 0.128 e. The van der Waals surface area contributed by atoms with Gasteiger partial charge in [-0.3, -0.25) is 4.98 Å². The second-order valence-electron chi connectivity index (χ2n) is 3.82. The summed E-state index contributed by atoms with van der Waals surface area (Å²) in [6.45, 7) is 1.78. The normalized spacial score (nSPS) is 12.5. The fraction of sp³-hybridized carbons (Fsp3) is 0.154. The zero-order valence-corrected chi connectivity index (χ0v) is 9.32. The quantitative estimate of drug-likeness (QED) is 0.867. The minimum atomic E-state index is -0.709. The van der Waals surface area contributed by atoms with Crippen LogP contribution in [-0.2, 0) is 0 Å². The molecule has 2 nitrogen and oxygen atoms in total. The van der Waals surface area contributed by atoms with Crippen molar-refractivity contribution in [1.82, 2.24) is 4.98 Å². The second kappa shape index (κ2) is 4.59. The van der Waals surface area contributed by atoms with Crippen LogP contribution in [0.25, 0.3) is 0 Å². The number of aryl methyl sites for hydroxylation is 1. The molecule has 0 fully saturated rings. The van der Waals surface area contributed by atoms with Crippen molar-refractivity contribution in [2.45, 2.75) is 13.0 Å². The number of hydrogen-bond acceptors (Lipinski definition) is 2. The van der Waals surface area contributed by atoms with E-state index in [1.165, 1.54) is 0 Å². The van der Waals surface area contributed by atoms with Crippen LogP contribution in [0.2, 0.25) is 0 Å². The zero-order valence-electron chi connectivity index (χ0n) is 9.32. The molecule has 0 radical (unpaired) electrons. The molecule has 88 valence electrons. The largest absolute Gasteiger partial charge is 0.320 e. The lowest BCUT2D eigenvalue weighted by atomic mass is 9.98. The molecule has 0 aliphatic carbocycles. The van der Waals surface area contributed by atoms with E-state index in [0.29, 0.717) is 11.3 Å². The van der Waals surface area contributed by atoms with Crippen LogP contribution in [-0.4, -0.2) is 4.98 Å². The van der Waals surface area contributed by atoms with Crippen LogP contribution in [0.5, 0.6) is 0 Å². The number of aromatic nitrogens is 1. The fourth-order valence-electron chi connectivity index (χ4n) is 1.75. The van der Waals surface area contributed by atoms with Crippen molar-refractivity contribution in [2.24, 2.45) is 5.73 Å². The zero-order chi connectivity index (χ0) is 12.4. The van der Waals surface area contributed by atoms with Crippen molar-refractivity contribution < 1.29 is 8.78 Å². The summed E-state index contributed by atoms with van der Waals surface area (Å²) in [4.78, 5) is 4.08. The molecule has 2 rings (SSSR count). The minimum absolute atomic E-state index is 0.140. The number of nitrogens with zero attached hydrogens (tertiary/aromatic N) is 1. The number of rotatable bonds is 2. The molecule has 17 heavy (non-hydrogen) atoms. The van der Waals surface area contributed by atoms with Gasteiger partial charge in [0.25, 0.3) is 0 Å². The first-order valence-electron chi connectivity index (χ1n) is 5.21. The topological polar surface area (TPSA) is 38.9 Å². The molecule has 1 heterocycles. The van der Waals surface area contributed by atoms with Crippen LogP contribution in [0.3, 0.4) is 0 Å². The highest BCUT2D eigenvalue weighted by Gasteiger charge is 2.16. The van der Waals surface area contributed by atoms with Gasteiger partial charge in [0.2, 0.25) is 0 Å². The maximum atomic E-state index is 13.6. The van der Waals surface area contributed by atoms with Crippen molar-refractivity contribution in [1.29, 1.82) is 0 Å². The van der Waals surface area contributed by atoms with Crippen LogP contribution < -0.4 is 5.73 Å². The van der Waals surface area contributed by atoms with E-state index in [2.05, 4.69) is 4.98 Å². The summed E-state index contributed by atoms with van der Waals surface area (Å²) in [6, 6.07) is 6.04. The number of pyridine rings is 1. The average molecular weight is 234 g/mol. The highest BCUT2D eigenvalue weighted by Crippen LogP contribution is 2.24. The monoisotopic (exact) mass is 234 g/mol. The van der Waals surface area contributed by atoms with Gasteiger partial charge < -0.3 is 5.73 Å². The first-order chi connectivity index (χ1) is 8.09. The lowest BCUT2D eigenvalue weighted by Gasteiger charge is -2.15. The van der Waals surface area contributed by atoms with E-state index in [9.17, 15) is 8.78 Å². The highest BCUT2D eigenvalue weighted by molar-refractivity contribution is 5.34. The third-order valence-electron chi connectivity index (χ3n) is 2.68. The summed E-state index contributed by atoms with van der Waals surface area (Å²) in [7, 11) is 0. The standard InChI is InChI=1S/C13H12F2N2/c1-8-10(3-2-6-17-8)13(16)11-7-9(14)4-5-12(11)15/h2-7,13H,16H2,1H3. The molecular formula is C13H12F2N2. The predicted octanol–water partition coefficient (Wildman–Crippen LogP) is 2.72. The third kappa shape index (κ3) is 2.31. The van der Waals surface area contributed by atoms with Crippen molar-refractivity contribution in [2.75, 3.05) is 0 Å². The summed E-state index contributed by atoms with van der Waals surface area (Å²) in [5.41, 5.74) is 7.48. The van der Waals surface area contributed by atoms with E-state index >= 15 is 0 Å². The Balaban J connectivity index is 2.47. The highest BCUT2D eigenvalue weighted by atomic mass is 19.1. The Morgan fingerprint density at radius 2 is 1.94 bits per heavy atom. The van der Waals surface area contributed by atoms with Crippen molar-refractivity contribution in [3.8, 4) is 0 Å². The Hall–Kier alpha value is -1.81. The van der Waals surface area contributed by atoms with Crippen molar-refractivity contribution in [3.05, 3.63) is 65.0 Å². The first kappa shape index (κ1) is 11.7. The van der Waals surface area contributed by atoms with Gasteiger partial charge in [-0.05, 0) is 36.8 Å². The number of hydrogen-bond donors (Lipinski definition) is 1. The molecule has 0 saturated heterocycles. The van der Waals surface area contributed by atoms with Gasteiger partial charge in [0.1, 0.15) is 11.6 Å². The fourth-order valence-corrected chi connectivity index (χ4v) is 1.75. The molecule has 4 heteroatoms. The Labute approximate surface area is 98.1 Å². The minimum Gasteiger partial charge on any atom is -0.320 e. The molecule has 0 aliphatic heterocycles. The van der Waals surface area contributed by atoms with Crippen molar-refractivity contribution >= 4 is 0 Å². The van der Waals surface area contributed by atoms with Gasteiger partial charge in [0.15, 0.2) is 0 Å². The van der Waals surface area contributed by atoms with Crippen LogP contribution in [0, 0.1) is 18.6 Å². The molecule has 1 aromatic heterocycles. The summed E-state index contributed by atoms with van der Waals surface area (Å²) in [5, 5.41) is 0. The average Bonchev–Trinajstić information content (AvgIpc) is 2.32. The van der Waals surface area contributed by atoms with E-state index in [0.717, 1.165) is 18.2 Å². The summed E-state index contributed by atoms with van der Waals surface area (Å²) >= 11 is 0. The van der Waals surface area contributed by atoms with Gasteiger partial charge >= 0.3 is 0 Å². The lowest BCUT2D eigenvalue weighted by Crippen LogP contribution is -2.15. The molecule has 0 bridgehead atoms. The van der Waals surface area contributed by atoms with E-state index in [1.54, 1.807) is 25.3 Å². The molecule has 2 aromatic rings. The van der Waals surface area contributed by atoms with E-state index in [4.69, 9.17) is 5.73 Å². The molecule has 0 amide bonds. The summed E-state index contributed by atoms with van der Waals surface area (Å²) in [6.07, 6.45) is 1.63. The molecule has 1 aromatic carbocycles. The van der Waals surface area contributed by atoms with Crippen molar-refractivity contribution in [3.63, 3.8) is 0 Å². The molecule has 0 spiro atoms. The number of nitrogens with two attached hydrogens (primary N) is 1. The second-order valence-corrected chi connectivity index (χ2v) is 3.82. The number of benzene rings is 1. The van der Waals surface area contributed by atoms with Gasteiger partial charge in [0, 0.05) is 17.5 Å². The van der Waals surface area contributed by atoms with Crippen LogP contribution in [0.15, 0.2) is 36.5 Å². The third-order valence-corrected chi connectivity index (χ3v) is 2.68. The van der Waals surface area contributed by atoms with Gasteiger partial charge in [-0.15, -0.1) is 0 Å². The van der Waals surface area contributed by atoms with Crippen LogP contribution >= 0.6 is 0 Å². The van der Waals surface area contributed by atoms with Crippen LogP contribution in [0.4, 0.5) is 8.78 Å².